The van der Waals surface area contributed by atoms with Crippen molar-refractivity contribution in [1.82, 2.24) is 4.98 Å². The minimum absolute atomic E-state index is 0.153. The van der Waals surface area contributed by atoms with Gasteiger partial charge in [0.05, 0.1) is 17.2 Å². The molecule has 0 saturated carbocycles. The van der Waals surface area contributed by atoms with Crippen molar-refractivity contribution in [1.29, 1.82) is 0 Å². The molecule has 1 heterocycles. The largest absolute Gasteiger partial charge is 0.480 e. The standard InChI is InChI=1S/C13H12N2O4/c16-8-10-4-5-13(12(7-10)15(17)18)19-9-11-3-1-2-6-14-11/h1-7,16H,8-9H2. The average molecular weight is 260 g/mol. The quantitative estimate of drug-likeness (QED) is 0.657. The van der Waals surface area contributed by atoms with Gasteiger partial charge < -0.3 is 9.84 Å². The second kappa shape index (κ2) is 5.92. The van der Waals surface area contributed by atoms with Crippen molar-refractivity contribution in [3.8, 4) is 5.75 Å². The van der Waals surface area contributed by atoms with Crippen LogP contribution in [0.3, 0.4) is 0 Å². The van der Waals surface area contributed by atoms with Gasteiger partial charge in [-0.25, -0.2) is 0 Å². The molecule has 2 rings (SSSR count). The Bertz CT molecular complexity index is 572. The van der Waals surface area contributed by atoms with Crippen molar-refractivity contribution in [2.24, 2.45) is 0 Å². The van der Waals surface area contributed by atoms with Crippen LogP contribution in [0.5, 0.6) is 5.75 Å². The van der Waals surface area contributed by atoms with Gasteiger partial charge in [0.15, 0.2) is 5.75 Å². The molecule has 2 aromatic rings. The minimum Gasteiger partial charge on any atom is -0.480 e. The van der Waals surface area contributed by atoms with E-state index in [0.29, 0.717) is 11.3 Å². The van der Waals surface area contributed by atoms with Gasteiger partial charge in [-0.3, -0.25) is 15.1 Å². The summed E-state index contributed by atoms with van der Waals surface area (Å²) in [5, 5.41) is 19.9. The molecule has 6 nitrogen and oxygen atoms in total. The van der Waals surface area contributed by atoms with Crippen molar-refractivity contribution in [3.63, 3.8) is 0 Å². The van der Waals surface area contributed by atoms with Crippen LogP contribution < -0.4 is 4.74 Å². The van der Waals surface area contributed by atoms with Gasteiger partial charge in [-0.2, -0.15) is 0 Å². The number of nitrogens with zero attached hydrogens (tertiary/aromatic N) is 2. The smallest absolute Gasteiger partial charge is 0.311 e. The number of nitro groups is 1. The summed E-state index contributed by atoms with van der Waals surface area (Å²) in [5.41, 5.74) is 0.988. The number of hydrogen-bond donors (Lipinski definition) is 1. The van der Waals surface area contributed by atoms with Gasteiger partial charge >= 0.3 is 5.69 Å². The fourth-order valence-electron chi connectivity index (χ4n) is 1.56. The topological polar surface area (TPSA) is 85.5 Å². The lowest BCUT2D eigenvalue weighted by atomic mass is 10.2. The van der Waals surface area contributed by atoms with Crippen molar-refractivity contribution in [2.45, 2.75) is 13.2 Å². The summed E-state index contributed by atoms with van der Waals surface area (Å²) in [7, 11) is 0. The van der Waals surface area contributed by atoms with E-state index in [4.69, 9.17) is 9.84 Å². The molecule has 0 aliphatic rings. The zero-order valence-electron chi connectivity index (χ0n) is 10.0. The van der Waals surface area contributed by atoms with Crippen LogP contribution in [0.25, 0.3) is 0 Å². The molecule has 98 valence electrons. The first-order valence-electron chi connectivity index (χ1n) is 5.61. The molecule has 0 aliphatic heterocycles. The first kappa shape index (κ1) is 13.0. The van der Waals surface area contributed by atoms with Crippen molar-refractivity contribution >= 4 is 5.69 Å². The fraction of sp³-hybridized carbons (Fsp3) is 0.154. The number of hydrogen-bond acceptors (Lipinski definition) is 5. The van der Waals surface area contributed by atoms with Gasteiger partial charge in [0.2, 0.25) is 0 Å². The van der Waals surface area contributed by atoms with Crippen LogP contribution in [-0.2, 0) is 13.2 Å². The molecule has 0 atom stereocenters. The predicted molar refractivity (Wildman–Crippen MR) is 67.6 cm³/mol. The Morgan fingerprint density at radius 2 is 2.16 bits per heavy atom. The number of aliphatic hydroxyl groups is 1. The molecule has 0 fully saturated rings. The molecule has 6 heteroatoms. The maximum Gasteiger partial charge on any atom is 0.311 e. The summed E-state index contributed by atoms with van der Waals surface area (Å²) in [5.74, 6) is 0.160. The lowest BCUT2D eigenvalue weighted by Crippen LogP contribution is -2.01. The fourth-order valence-corrected chi connectivity index (χ4v) is 1.56. The van der Waals surface area contributed by atoms with Crippen LogP contribution in [0.1, 0.15) is 11.3 Å². The molecule has 0 spiro atoms. The SMILES string of the molecule is O=[N+]([O-])c1cc(CO)ccc1OCc1ccccn1. The zero-order chi connectivity index (χ0) is 13.7. The Morgan fingerprint density at radius 3 is 2.79 bits per heavy atom. The Balaban J connectivity index is 2.18. The van der Waals surface area contributed by atoms with Crippen molar-refractivity contribution in [3.05, 3.63) is 64.0 Å². The molecular formula is C13H12N2O4. The second-order valence-electron chi connectivity index (χ2n) is 3.83. The molecule has 1 aromatic heterocycles. The monoisotopic (exact) mass is 260 g/mol. The van der Waals surface area contributed by atoms with E-state index >= 15 is 0 Å². The first-order chi connectivity index (χ1) is 9.20. The highest BCUT2D eigenvalue weighted by molar-refractivity contribution is 5.48. The summed E-state index contributed by atoms with van der Waals surface area (Å²) in [6.07, 6.45) is 1.63. The molecule has 1 aromatic carbocycles. The molecule has 0 amide bonds. The number of pyridine rings is 1. The van der Waals surface area contributed by atoms with E-state index in [2.05, 4.69) is 4.98 Å². The van der Waals surface area contributed by atoms with Crippen LogP contribution in [0.2, 0.25) is 0 Å². The molecular weight excluding hydrogens is 248 g/mol. The van der Waals surface area contributed by atoms with Gasteiger partial charge in [-0.15, -0.1) is 0 Å². The number of nitro benzene ring substituents is 1. The second-order valence-corrected chi connectivity index (χ2v) is 3.83. The van der Waals surface area contributed by atoms with Gasteiger partial charge in [0.25, 0.3) is 0 Å². The van der Waals surface area contributed by atoms with Crippen LogP contribution in [0.4, 0.5) is 5.69 Å². The third-order valence-corrected chi connectivity index (χ3v) is 2.50. The highest BCUT2D eigenvalue weighted by atomic mass is 16.6. The normalized spacial score (nSPS) is 10.2. The van der Waals surface area contributed by atoms with E-state index in [0.717, 1.165) is 0 Å². The predicted octanol–water partition coefficient (Wildman–Crippen LogP) is 2.06. The molecule has 1 N–H and O–H groups in total. The van der Waals surface area contributed by atoms with Crippen LogP contribution in [0.15, 0.2) is 42.6 Å². The molecule has 0 unspecified atom stereocenters. The Hall–Kier alpha value is -2.47. The number of rotatable bonds is 5. The average Bonchev–Trinajstić information content (AvgIpc) is 2.46. The first-order valence-corrected chi connectivity index (χ1v) is 5.61. The maximum atomic E-state index is 10.9. The van der Waals surface area contributed by atoms with Gasteiger partial charge in [0.1, 0.15) is 6.61 Å². The maximum absolute atomic E-state index is 10.9. The van der Waals surface area contributed by atoms with Crippen LogP contribution in [-0.4, -0.2) is 15.0 Å². The lowest BCUT2D eigenvalue weighted by molar-refractivity contribution is -0.386. The highest BCUT2D eigenvalue weighted by Crippen LogP contribution is 2.28. The van der Waals surface area contributed by atoms with Crippen LogP contribution in [0, 0.1) is 10.1 Å². The summed E-state index contributed by atoms with van der Waals surface area (Å²) < 4.78 is 5.40. The summed E-state index contributed by atoms with van der Waals surface area (Å²) >= 11 is 0. The molecule has 0 aliphatic carbocycles. The number of aromatic nitrogens is 1. The molecule has 0 saturated heterocycles. The van der Waals surface area contributed by atoms with Crippen molar-refractivity contribution in [2.75, 3.05) is 0 Å². The van der Waals surface area contributed by atoms with E-state index in [1.54, 1.807) is 24.4 Å². The van der Waals surface area contributed by atoms with Gasteiger partial charge in [0, 0.05) is 12.3 Å². The lowest BCUT2D eigenvalue weighted by Gasteiger charge is -2.07. The van der Waals surface area contributed by atoms with E-state index in [1.165, 1.54) is 12.1 Å². The third-order valence-electron chi connectivity index (χ3n) is 2.50. The Morgan fingerprint density at radius 1 is 1.32 bits per heavy atom. The Kier molecular flexibility index (Phi) is 4.04. The Labute approximate surface area is 109 Å². The number of aliphatic hydroxyl groups excluding tert-OH is 1. The van der Waals surface area contributed by atoms with Gasteiger partial charge in [-0.05, 0) is 23.8 Å². The number of benzene rings is 1. The van der Waals surface area contributed by atoms with Crippen LogP contribution >= 0.6 is 0 Å². The van der Waals surface area contributed by atoms with Gasteiger partial charge in [-0.1, -0.05) is 12.1 Å². The van der Waals surface area contributed by atoms with Crippen molar-refractivity contribution < 1.29 is 14.8 Å². The summed E-state index contributed by atoms with van der Waals surface area (Å²) in [6, 6.07) is 9.73. The molecule has 0 radical (unpaired) electrons. The summed E-state index contributed by atoms with van der Waals surface area (Å²) in [4.78, 5) is 14.5. The minimum atomic E-state index is -0.535. The third kappa shape index (κ3) is 3.26. The zero-order valence-corrected chi connectivity index (χ0v) is 10.0. The van der Waals surface area contributed by atoms with E-state index < -0.39 is 4.92 Å². The van der Waals surface area contributed by atoms with E-state index in [9.17, 15) is 10.1 Å². The summed E-state index contributed by atoms with van der Waals surface area (Å²) in [6.45, 7) is -0.0957. The van der Waals surface area contributed by atoms with E-state index in [-0.39, 0.29) is 24.7 Å². The molecule has 0 bridgehead atoms. The number of ether oxygens (including phenoxy) is 1. The highest BCUT2D eigenvalue weighted by Gasteiger charge is 2.16. The molecule has 19 heavy (non-hydrogen) atoms. The van der Waals surface area contributed by atoms with E-state index in [1.807, 2.05) is 6.07 Å².